The molecular formula is C11H8ClN3. The molecule has 0 amide bonds. The number of benzene rings is 1. The van der Waals surface area contributed by atoms with Crippen molar-refractivity contribution in [2.24, 2.45) is 0 Å². The van der Waals surface area contributed by atoms with Crippen LogP contribution in [-0.4, -0.2) is 9.78 Å². The molecule has 0 saturated heterocycles. The van der Waals surface area contributed by atoms with E-state index >= 15 is 0 Å². The molecule has 74 valence electrons. The lowest BCUT2D eigenvalue weighted by Crippen LogP contribution is -1.97. The van der Waals surface area contributed by atoms with Gasteiger partial charge in [0.1, 0.15) is 6.07 Å². The molecule has 0 spiro atoms. The van der Waals surface area contributed by atoms with Gasteiger partial charge in [-0.1, -0.05) is 17.7 Å². The van der Waals surface area contributed by atoms with E-state index in [-0.39, 0.29) is 0 Å². The van der Waals surface area contributed by atoms with Gasteiger partial charge < -0.3 is 0 Å². The third kappa shape index (κ3) is 1.85. The van der Waals surface area contributed by atoms with Crippen LogP contribution in [0.3, 0.4) is 0 Å². The lowest BCUT2D eigenvalue weighted by Gasteiger charge is -2.05. The predicted octanol–water partition coefficient (Wildman–Crippen LogP) is 2.71. The molecule has 4 heteroatoms. The summed E-state index contributed by atoms with van der Waals surface area (Å²) in [7, 11) is 0. The normalized spacial score (nSPS) is 9.93. The Hall–Kier alpha value is -1.79. The molecule has 2 rings (SSSR count). The lowest BCUT2D eigenvalue weighted by molar-refractivity contribution is 0.866. The number of aryl methyl sites for hydroxylation is 1. The Balaban J connectivity index is 2.54. The molecule has 3 nitrogen and oxygen atoms in total. The largest absolute Gasteiger partial charge is 0.239 e. The van der Waals surface area contributed by atoms with Crippen LogP contribution in [0.25, 0.3) is 5.69 Å². The van der Waals surface area contributed by atoms with E-state index in [1.54, 1.807) is 16.9 Å². The van der Waals surface area contributed by atoms with E-state index in [1.165, 1.54) is 0 Å². The van der Waals surface area contributed by atoms with Gasteiger partial charge >= 0.3 is 0 Å². The maximum absolute atomic E-state index is 8.67. The number of rotatable bonds is 1. The Kier molecular flexibility index (Phi) is 2.44. The highest BCUT2D eigenvalue weighted by Crippen LogP contribution is 2.18. The van der Waals surface area contributed by atoms with Crippen molar-refractivity contribution in [2.75, 3.05) is 0 Å². The molecule has 15 heavy (non-hydrogen) atoms. The van der Waals surface area contributed by atoms with Gasteiger partial charge in [0.2, 0.25) is 0 Å². The third-order valence-electron chi connectivity index (χ3n) is 2.12. The quantitative estimate of drug-likeness (QED) is 0.737. The molecule has 0 saturated carbocycles. The van der Waals surface area contributed by atoms with Crippen LogP contribution in [0.4, 0.5) is 0 Å². The summed E-state index contributed by atoms with van der Waals surface area (Å²) in [5.74, 6) is 0. The first kappa shape index (κ1) is 9.75. The Bertz CT molecular complexity index is 537. The molecule has 0 fully saturated rings. The van der Waals surface area contributed by atoms with Gasteiger partial charge in [-0.3, -0.25) is 0 Å². The van der Waals surface area contributed by atoms with Crippen LogP contribution in [0.15, 0.2) is 30.5 Å². The summed E-state index contributed by atoms with van der Waals surface area (Å²) in [6.07, 6.45) is 1.75. The van der Waals surface area contributed by atoms with Crippen LogP contribution >= 0.6 is 11.6 Å². The fraction of sp³-hybridized carbons (Fsp3) is 0.0909. The number of nitrogens with zero attached hydrogens (tertiary/aromatic N) is 3. The van der Waals surface area contributed by atoms with Gasteiger partial charge in [-0.2, -0.15) is 10.4 Å². The van der Waals surface area contributed by atoms with Gasteiger partial charge in [-0.05, 0) is 30.7 Å². The predicted molar refractivity (Wildman–Crippen MR) is 58.0 cm³/mol. The highest BCUT2D eigenvalue weighted by atomic mass is 35.5. The summed E-state index contributed by atoms with van der Waals surface area (Å²) < 4.78 is 1.65. The van der Waals surface area contributed by atoms with Crippen molar-refractivity contribution in [1.82, 2.24) is 9.78 Å². The number of aromatic nitrogens is 2. The van der Waals surface area contributed by atoms with E-state index in [4.69, 9.17) is 16.9 Å². The zero-order chi connectivity index (χ0) is 10.8. The second-order valence-corrected chi connectivity index (χ2v) is 3.62. The Labute approximate surface area is 92.5 Å². The molecule has 0 aliphatic carbocycles. The smallest absolute Gasteiger partial charge is 0.162 e. The van der Waals surface area contributed by atoms with Gasteiger partial charge in [0, 0.05) is 11.2 Å². The van der Waals surface area contributed by atoms with Crippen LogP contribution in [0.1, 0.15) is 11.3 Å². The number of halogens is 1. The number of nitriles is 1. The molecular weight excluding hydrogens is 210 g/mol. The minimum atomic E-state index is 0.398. The Morgan fingerprint density at radius 3 is 2.87 bits per heavy atom. The van der Waals surface area contributed by atoms with E-state index in [0.717, 1.165) is 11.3 Å². The molecule has 0 aliphatic heterocycles. The standard InChI is InChI=1S/C11H8ClN3/c1-8-2-3-9(12)6-11(8)15-5-4-10(7-13)14-15/h2-6H,1H3. The highest BCUT2D eigenvalue weighted by Gasteiger charge is 2.04. The summed E-state index contributed by atoms with van der Waals surface area (Å²) in [6, 6.07) is 9.23. The van der Waals surface area contributed by atoms with Gasteiger partial charge in [-0.15, -0.1) is 0 Å². The molecule has 0 unspecified atom stereocenters. The van der Waals surface area contributed by atoms with Crippen molar-refractivity contribution in [1.29, 1.82) is 5.26 Å². The molecule has 1 aromatic heterocycles. The fourth-order valence-corrected chi connectivity index (χ4v) is 1.51. The summed E-state index contributed by atoms with van der Waals surface area (Å²) >= 11 is 5.90. The molecule has 0 atom stereocenters. The topological polar surface area (TPSA) is 41.6 Å². The maximum atomic E-state index is 8.67. The first-order chi connectivity index (χ1) is 7.20. The van der Waals surface area contributed by atoms with E-state index in [1.807, 2.05) is 31.2 Å². The van der Waals surface area contributed by atoms with Crippen molar-refractivity contribution in [3.63, 3.8) is 0 Å². The molecule has 0 radical (unpaired) electrons. The molecule has 1 heterocycles. The fourth-order valence-electron chi connectivity index (χ4n) is 1.35. The van der Waals surface area contributed by atoms with Gasteiger partial charge in [0.05, 0.1) is 5.69 Å². The van der Waals surface area contributed by atoms with Gasteiger partial charge in [-0.25, -0.2) is 4.68 Å². The van der Waals surface area contributed by atoms with E-state index in [9.17, 15) is 0 Å². The summed E-state index contributed by atoms with van der Waals surface area (Å²) in [5, 5.41) is 13.4. The summed E-state index contributed by atoms with van der Waals surface area (Å²) in [5.41, 5.74) is 2.35. The minimum absolute atomic E-state index is 0.398. The van der Waals surface area contributed by atoms with Crippen LogP contribution in [0.5, 0.6) is 0 Å². The Morgan fingerprint density at radius 1 is 1.40 bits per heavy atom. The molecule has 2 aromatic rings. The molecule has 1 aromatic carbocycles. The number of hydrogen-bond donors (Lipinski definition) is 0. The highest BCUT2D eigenvalue weighted by molar-refractivity contribution is 6.30. The average Bonchev–Trinajstić information content (AvgIpc) is 2.70. The zero-order valence-corrected chi connectivity index (χ0v) is 8.86. The van der Waals surface area contributed by atoms with Crippen LogP contribution < -0.4 is 0 Å². The van der Waals surface area contributed by atoms with Crippen LogP contribution in [0, 0.1) is 18.3 Å². The monoisotopic (exact) mass is 217 g/mol. The first-order valence-electron chi connectivity index (χ1n) is 4.43. The van der Waals surface area contributed by atoms with Crippen molar-refractivity contribution >= 4 is 11.6 Å². The average molecular weight is 218 g/mol. The third-order valence-corrected chi connectivity index (χ3v) is 2.36. The lowest BCUT2D eigenvalue weighted by atomic mass is 10.2. The second-order valence-electron chi connectivity index (χ2n) is 3.19. The van der Waals surface area contributed by atoms with Gasteiger partial charge in [0.25, 0.3) is 0 Å². The maximum Gasteiger partial charge on any atom is 0.162 e. The van der Waals surface area contributed by atoms with Crippen LogP contribution in [0.2, 0.25) is 5.02 Å². The van der Waals surface area contributed by atoms with Gasteiger partial charge in [0.15, 0.2) is 5.69 Å². The second kappa shape index (κ2) is 3.76. The van der Waals surface area contributed by atoms with E-state index in [2.05, 4.69) is 5.10 Å². The van der Waals surface area contributed by atoms with E-state index < -0.39 is 0 Å². The van der Waals surface area contributed by atoms with E-state index in [0.29, 0.717) is 10.7 Å². The Morgan fingerprint density at radius 2 is 2.20 bits per heavy atom. The molecule has 0 N–H and O–H groups in total. The van der Waals surface area contributed by atoms with Crippen molar-refractivity contribution in [2.45, 2.75) is 6.92 Å². The molecule has 0 bridgehead atoms. The SMILES string of the molecule is Cc1ccc(Cl)cc1-n1ccc(C#N)n1. The number of hydrogen-bond acceptors (Lipinski definition) is 2. The van der Waals surface area contributed by atoms with Crippen LogP contribution in [-0.2, 0) is 0 Å². The minimum Gasteiger partial charge on any atom is -0.239 e. The first-order valence-corrected chi connectivity index (χ1v) is 4.81. The summed E-state index contributed by atoms with van der Waals surface area (Å²) in [6.45, 7) is 1.97. The molecule has 0 aliphatic rings. The van der Waals surface area contributed by atoms with Crippen molar-refractivity contribution < 1.29 is 0 Å². The van der Waals surface area contributed by atoms with Crippen molar-refractivity contribution in [3.05, 3.63) is 46.7 Å². The zero-order valence-electron chi connectivity index (χ0n) is 8.11. The van der Waals surface area contributed by atoms with Crippen molar-refractivity contribution in [3.8, 4) is 11.8 Å². The summed E-state index contributed by atoms with van der Waals surface area (Å²) in [4.78, 5) is 0.